The van der Waals surface area contributed by atoms with E-state index in [4.69, 9.17) is 0 Å². The molecule has 0 aliphatic heterocycles. The average molecular weight is 337 g/mol. The summed E-state index contributed by atoms with van der Waals surface area (Å²) in [5.74, 6) is 0.331. The molecule has 5 nitrogen and oxygen atoms in total. The number of hydrogen-bond donors (Lipinski definition) is 1. The first kappa shape index (κ1) is 15.6. The lowest BCUT2D eigenvalue weighted by Crippen LogP contribution is -2.34. The van der Waals surface area contributed by atoms with E-state index in [9.17, 15) is 9.59 Å². The maximum atomic E-state index is 12.4. The van der Waals surface area contributed by atoms with Crippen molar-refractivity contribution in [2.24, 2.45) is 0 Å². The second kappa shape index (κ2) is 6.83. The highest BCUT2D eigenvalue weighted by Gasteiger charge is 2.18. The summed E-state index contributed by atoms with van der Waals surface area (Å²) in [4.78, 5) is 28.9. The number of thioether (sulfide) groups is 1. The molecule has 0 atom stereocenters. The molecule has 0 saturated heterocycles. The maximum absolute atomic E-state index is 12.4. The lowest BCUT2D eigenvalue weighted by atomic mass is 10.2. The minimum Gasteiger partial charge on any atom is -0.353 e. The summed E-state index contributed by atoms with van der Waals surface area (Å²) < 4.78 is 2.33. The number of aromatic nitrogens is 2. The molecule has 1 aliphatic rings. The van der Waals surface area contributed by atoms with Crippen LogP contribution in [0.3, 0.4) is 0 Å². The Morgan fingerprint density at radius 1 is 1.50 bits per heavy atom. The SMILES string of the molecule is CCn1c(SCC(=O)NC2CCCC2)nc2ccsc2c1=O. The predicted octanol–water partition coefficient (Wildman–Crippen LogP) is 2.63. The quantitative estimate of drug-likeness (QED) is 0.673. The summed E-state index contributed by atoms with van der Waals surface area (Å²) in [6.45, 7) is 2.48. The molecule has 1 aliphatic carbocycles. The van der Waals surface area contributed by atoms with Crippen LogP contribution >= 0.6 is 23.1 Å². The molecule has 0 radical (unpaired) electrons. The topological polar surface area (TPSA) is 64.0 Å². The van der Waals surface area contributed by atoms with Crippen molar-refractivity contribution in [3.05, 3.63) is 21.8 Å². The Morgan fingerprint density at radius 3 is 3.00 bits per heavy atom. The molecule has 0 spiro atoms. The van der Waals surface area contributed by atoms with E-state index in [0.717, 1.165) is 18.4 Å². The molecule has 1 amide bonds. The molecule has 1 saturated carbocycles. The second-order valence-corrected chi connectivity index (χ2v) is 7.27. The molecule has 7 heteroatoms. The lowest BCUT2D eigenvalue weighted by Gasteiger charge is -2.13. The zero-order chi connectivity index (χ0) is 15.5. The molecular weight excluding hydrogens is 318 g/mol. The number of rotatable bonds is 5. The van der Waals surface area contributed by atoms with Crippen molar-refractivity contribution in [3.63, 3.8) is 0 Å². The Balaban J connectivity index is 1.72. The van der Waals surface area contributed by atoms with Gasteiger partial charge in [-0.3, -0.25) is 14.2 Å². The first-order chi connectivity index (χ1) is 10.7. The highest BCUT2D eigenvalue weighted by molar-refractivity contribution is 7.99. The lowest BCUT2D eigenvalue weighted by molar-refractivity contribution is -0.119. The van der Waals surface area contributed by atoms with E-state index in [2.05, 4.69) is 10.3 Å². The van der Waals surface area contributed by atoms with E-state index in [1.54, 1.807) is 4.57 Å². The molecule has 2 heterocycles. The fourth-order valence-electron chi connectivity index (χ4n) is 2.78. The van der Waals surface area contributed by atoms with Crippen LogP contribution in [-0.4, -0.2) is 27.3 Å². The van der Waals surface area contributed by atoms with Crippen LogP contribution in [0.5, 0.6) is 0 Å². The van der Waals surface area contributed by atoms with Gasteiger partial charge in [0.05, 0.1) is 11.3 Å². The molecule has 0 aromatic carbocycles. The summed E-state index contributed by atoms with van der Waals surface area (Å²) in [5, 5.41) is 5.56. The molecule has 2 aromatic rings. The van der Waals surface area contributed by atoms with Crippen molar-refractivity contribution < 1.29 is 4.79 Å². The number of amides is 1. The van der Waals surface area contributed by atoms with Gasteiger partial charge in [-0.1, -0.05) is 24.6 Å². The zero-order valence-electron chi connectivity index (χ0n) is 12.5. The first-order valence-electron chi connectivity index (χ1n) is 7.59. The molecule has 2 aromatic heterocycles. The summed E-state index contributed by atoms with van der Waals surface area (Å²) >= 11 is 2.75. The van der Waals surface area contributed by atoms with E-state index in [1.807, 2.05) is 18.4 Å². The van der Waals surface area contributed by atoms with E-state index < -0.39 is 0 Å². The predicted molar refractivity (Wildman–Crippen MR) is 90.7 cm³/mol. The van der Waals surface area contributed by atoms with Crippen LogP contribution in [0.4, 0.5) is 0 Å². The van der Waals surface area contributed by atoms with Crippen LogP contribution in [-0.2, 0) is 11.3 Å². The van der Waals surface area contributed by atoms with Crippen molar-refractivity contribution in [3.8, 4) is 0 Å². The van der Waals surface area contributed by atoms with Crippen molar-refractivity contribution in [1.82, 2.24) is 14.9 Å². The monoisotopic (exact) mass is 337 g/mol. The second-order valence-electron chi connectivity index (χ2n) is 5.42. The van der Waals surface area contributed by atoms with E-state index in [-0.39, 0.29) is 11.5 Å². The van der Waals surface area contributed by atoms with Gasteiger partial charge in [-0.25, -0.2) is 4.98 Å². The van der Waals surface area contributed by atoms with Crippen LogP contribution < -0.4 is 10.9 Å². The van der Waals surface area contributed by atoms with Crippen molar-refractivity contribution in [2.45, 2.75) is 50.4 Å². The molecule has 22 heavy (non-hydrogen) atoms. The van der Waals surface area contributed by atoms with Gasteiger partial charge in [0, 0.05) is 12.6 Å². The summed E-state index contributed by atoms with van der Waals surface area (Å²) in [5.41, 5.74) is 0.708. The van der Waals surface area contributed by atoms with Crippen molar-refractivity contribution in [1.29, 1.82) is 0 Å². The summed E-state index contributed by atoms with van der Waals surface area (Å²) in [6, 6.07) is 2.18. The smallest absolute Gasteiger partial charge is 0.272 e. The van der Waals surface area contributed by atoms with Crippen LogP contribution in [0.15, 0.2) is 21.4 Å². The number of hydrogen-bond acceptors (Lipinski definition) is 5. The largest absolute Gasteiger partial charge is 0.353 e. The van der Waals surface area contributed by atoms with Gasteiger partial charge >= 0.3 is 0 Å². The Kier molecular flexibility index (Phi) is 4.83. The molecule has 0 bridgehead atoms. The van der Waals surface area contributed by atoms with Gasteiger partial charge in [-0.05, 0) is 31.2 Å². The van der Waals surface area contributed by atoms with Crippen LogP contribution in [0.25, 0.3) is 10.2 Å². The van der Waals surface area contributed by atoms with Crippen LogP contribution in [0.1, 0.15) is 32.6 Å². The fraction of sp³-hybridized carbons (Fsp3) is 0.533. The van der Waals surface area contributed by atoms with Gasteiger partial charge in [0.1, 0.15) is 4.70 Å². The Hall–Kier alpha value is -1.34. The van der Waals surface area contributed by atoms with Gasteiger partial charge in [-0.15, -0.1) is 11.3 Å². The Bertz CT molecular complexity index is 732. The number of carbonyl (C=O) groups is 1. The highest BCUT2D eigenvalue weighted by Crippen LogP contribution is 2.21. The third-order valence-electron chi connectivity index (χ3n) is 3.90. The van der Waals surface area contributed by atoms with Gasteiger partial charge in [0.15, 0.2) is 5.16 Å². The minimum atomic E-state index is -0.0128. The van der Waals surface area contributed by atoms with Crippen molar-refractivity contribution >= 4 is 39.2 Å². The number of nitrogens with zero attached hydrogens (tertiary/aromatic N) is 2. The summed E-state index contributed by atoms with van der Waals surface area (Å²) in [6.07, 6.45) is 4.55. The van der Waals surface area contributed by atoms with E-state index >= 15 is 0 Å². The molecule has 0 unspecified atom stereocenters. The van der Waals surface area contributed by atoms with E-state index in [1.165, 1.54) is 35.9 Å². The average Bonchev–Trinajstić information content (AvgIpc) is 3.16. The molecule has 1 N–H and O–H groups in total. The number of carbonyl (C=O) groups excluding carboxylic acids is 1. The van der Waals surface area contributed by atoms with Gasteiger partial charge in [-0.2, -0.15) is 0 Å². The van der Waals surface area contributed by atoms with Gasteiger partial charge < -0.3 is 5.32 Å². The number of thiophene rings is 1. The highest BCUT2D eigenvalue weighted by atomic mass is 32.2. The van der Waals surface area contributed by atoms with Crippen LogP contribution in [0.2, 0.25) is 0 Å². The standard InChI is InChI=1S/C15H19N3O2S2/c1-2-18-14(20)13-11(7-8-21-13)17-15(18)22-9-12(19)16-10-5-3-4-6-10/h7-8,10H,2-6,9H2,1H3,(H,16,19). The molecule has 1 fully saturated rings. The fourth-order valence-corrected chi connectivity index (χ4v) is 4.43. The zero-order valence-corrected chi connectivity index (χ0v) is 14.1. The normalized spacial score (nSPS) is 15.5. The number of fused-ring (bicyclic) bond motifs is 1. The third kappa shape index (κ3) is 3.20. The van der Waals surface area contributed by atoms with Crippen molar-refractivity contribution in [2.75, 3.05) is 5.75 Å². The summed E-state index contributed by atoms with van der Waals surface area (Å²) in [7, 11) is 0. The molecule has 3 rings (SSSR count). The van der Waals surface area contributed by atoms with Crippen LogP contribution in [0, 0.1) is 0 Å². The molecular formula is C15H19N3O2S2. The molecule has 118 valence electrons. The Morgan fingerprint density at radius 2 is 2.27 bits per heavy atom. The van der Waals surface area contributed by atoms with E-state index in [0.29, 0.717) is 28.2 Å². The Labute approximate surface area is 137 Å². The minimum absolute atomic E-state index is 0.0128. The third-order valence-corrected chi connectivity index (χ3v) is 5.77. The maximum Gasteiger partial charge on any atom is 0.272 e. The number of nitrogens with one attached hydrogen (secondary N) is 1. The first-order valence-corrected chi connectivity index (χ1v) is 9.45. The van der Waals surface area contributed by atoms with Gasteiger partial charge in [0.2, 0.25) is 5.91 Å². The van der Waals surface area contributed by atoms with Gasteiger partial charge in [0.25, 0.3) is 5.56 Å².